The summed E-state index contributed by atoms with van der Waals surface area (Å²) in [6.45, 7) is 7.90. The molecular formula is C17H27Cl2NO. The standard InChI is InChI=1S/C17H27Cl2NO/c1-4-7-8-9-16(20-10-5-2)13-11-15(19)17(21-6-3)12-14(13)18/h11-12,16,20H,4-10H2,1-3H3. The van der Waals surface area contributed by atoms with Gasteiger partial charge in [-0.15, -0.1) is 0 Å². The summed E-state index contributed by atoms with van der Waals surface area (Å²) < 4.78 is 5.50. The Kier molecular flexibility index (Phi) is 9.14. The van der Waals surface area contributed by atoms with Crippen molar-refractivity contribution in [2.75, 3.05) is 13.2 Å². The SMILES string of the molecule is CCCCCC(NCCC)c1cc(Cl)c(OCC)cc1Cl. The van der Waals surface area contributed by atoms with E-state index < -0.39 is 0 Å². The molecule has 0 aliphatic carbocycles. The summed E-state index contributed by atoms with van der Waals surface area (Å²) in [5.74, 6) is 0.663. The van der Waals surface area contributed by atoms with Crippen molar-refractivity contribution in [3.05, 3.63) is 27.7 Å². The first-order valence-electron chi connectivity index (χ1n) is 7.99. The maximum Gasteiger partial charge on any atom is 0.139 e. The van der Waals surface area contributed by atoms with Crippen molar-refractivity contribution in [3.8, 4) is 5.75 Å². The van der Waals surface area contributed by atoms with Gasteiger partial charge in [0.1, 0.15) is 5.75 Å². The summed E-state index contributed by atoms with van der Waals surface area (Å²) in [5.41, 5.74) is 1.08. The first-order valence-corrected chi connectivity index (χ1v) is 8.74. The fourth-order valence-corrected chi connectivity index (χ4v) is 2.87. The monoisotopic (exact) mass is 331 g/mol. The molecule has 4 heteroatoms. The van der Waals surface area contributed by atoms with Gasteiger partial charge in [0.15, 0.2) is 0 Å². The Bertz CT molecular complexity index is 423. The summed E-state index contributed by atoms with van der Waals surface area (Å²) in [4.78, 5) is 0. The highest BCUT2D eigenvalue weighted by Gasteiger charge is 2.17. The molecule has 1 aromatic rings. The molecule has 2 nitrogen and oxygen atoms in total. The largest absolute Gasteiger partial charge is 0.492 e. The van der Waals surface area contributed by atoms with E-state index in [1.54, 1.807) is 0 Å². The minimum Gasteiger partial charge on any atom is -0.492 e. The molecule has 0 bridgehead atoms. The molecule has 0 heterocycles. The van der Waals surface area contributed by atoms with Crippen molar-refractivity contribution in [1.82, 2.24) is 5.32 Å². The average molecular weight is 332 g/mol. The molecule has 1 aromatic carbocycles. The normalized spacial score (nSPS) is 12.4. The third-order valence-electron chi connectivity index (χ3n) is 3.46. The molecule has 0 saturated carbocycles. The topological polar surface area (TPSA) is 21.3 Å². The lowest BCUT2D eigenvalue weighted by atomic mass is 10.00. The molecule has 0 aromatic heterocycles. The summed E-state index contributed by atoms with van der Waals surface area (Å²) >= 11 is 12.8. The molecule has 1 unspecified atom stereocenters. The van der Waals surface area contributed by atoms with Gasteiger partial charge in [-0.3, -0.25) is 0 Å². The molecule has 0 fully saturated rings. The van der Waals surface area contributed by atoms with Gasteiger partial charge >= 0.3 is 0 Å². The zero-order valence-corrected chi connectivity index (χ0v) is 14.9. The number of nitrogens with one attached hydrogen (secondary N) is 1. The van der Waals surface area contributed by atoms with E-state index in [0.29, 0.717) is 17.4 Å². The van der Waals surface area contributed by atoms with E-state index in [-0.39, 0.29) is 6.04 Å². The average Bonchev–Trinajstić information content (AvgIpc) is 2.47. The maximum absolute atomic E-state index is 6.44. The Morgan fingerprint density at radius 3 is 2.43 bits per heavy atom. The lowest BCUT2D eigenvalue weighted by Crippen LogP contribution is -2.22. The van der Waals surface area contributed by atoms with Crippen LogP contribution in [0.2, 0.25) is 10.0 Å². The number of benzene rings is 1. The van der Waals surface area contributed by atoms with Crippen LogP contribution in [0.1, 0.15) is 64.5 Å². The van der Waals surface area contributed by atoms with Crippen LogP contribution in [0, 0.1) is 0 Å². The van der Waals surface area contributed by atoms with Gasteiger partial charge in [-0.05, 0) is 37.9 Å². The van der Waals surface area contributed by atoms with E-state index in [2.05, 4.69) is 19.2 Å². The van der Waals surface area contributed by atoms with E-state index in [4.69, 9.17) is 27.9 Å². The first kappa shape index (κ1) is 18.6. The highest BCUT2D eigenvalue weighted by Crippen LogP contribution is 2.35. The van der Waals surface area contributed by atoms with Crippen molar-refractivity contribution < 1.29 is 4.74 Å². The smallest absolute Gasteiger partial charge is 0.139 e. The lowest BCUT2D eigenvalue weighted by molar-refractivity contribution is 0.340. The second-order valence-corrected chi connectivity index (χ2v) is 6.05. The Labute approximate surface area is 139 Å². The highest BCUT2D eigenvalue weighted by molar-refractivity contribution is 6.34. The van der Waals surface area contributed by atoms with Crippen LogP contribution >= 0.6 is 23.2 Å². The van der Waals surface area contributed by atoms with E-state index in [1.165, 1.54) is 19.3 Å². The molecule has 0 amide bonds. The Morgan fingerprint density at radius 1 is 1.05 bits per heavy atom. The zero-order valence-electron chi connectivity index (χ0n) is 13.3. The van der Waals surface area contributed by atoms with Crippen LogP contribution in [-0.2, 0) is 0 Å². The lowest BCUT2D eigenvalue weighted by Gasteiger charge is -2.21. The predicted molar refractivity (Wildman–Crippen MR) is 92.8 cm³/mol. The molecular weight excluding hydrogens is 305 g/mol. The van der Waals surface area contributed by atoms with Crippen LogP contribution in [0.15, 0.2) is 12.1 Å². The van der Waals surface area contributed by atoms with Crippen LogP contribution in [0.5, 0.6) is 5.75 Å². The van der Waals surface area contributed by atoms with Gasteiger partial charge in [-0.2, -0.15) is 0 Å². The molecule has 1 rings (SSSR count). The van der Waals surface area contributed by atoms with Crippen LogP contribution in [0.3, 0.4) is 0 Å². The predicted octanol–water partition coefficient (Wildman–Crippen LogP) is 6.01. The molecule has 0 radical (unpaired) electrons. The van der Waals surface area contributed by atoms with E-state index in [0.717, 1.165) is 30.0 Å². The van der Waals surface area contributed by atoms with Crippen molar-refractivity contribution in [2.45, 2.75) is 58.9 Å². The molecule has 0 saturated heterocycles. The third-order valence-corrected chi connectivity index (χ3v) is 4.09. The van der Waals surface area contributed by atoms with Gasteiger partial charge in [0, 0.05) is 17.1 Å². The number of hydrogen-bond donors (Lipinski definition) is 1. The first-order chi connectivity index (χ1) is 10.1. The van der Waals surface area contributed by atoms with Crippen LogP contribution < -0.4 is 10.1 Å². The summed E-state index contributed by atoms with van der Waals surface area (Å²) in [6, 6.07) is 4.05. The van der Waals surface area contributed by atoms with Crippen LogP contribution in [0.4, 0.5) is 0 Å². The Balaban J connectivity index is 2.91. The Hall–Kier alpha value is -0.440. The van der Waals surface area contributed by atoms with Crippen LogP contribution in [-0.4, -0.2) is 13.2 Å². The summed E-state index contributed by atoms with van der Waals surface area (Å²) in [6.07, 6.45) is 5.84. The fraction of sp³-hybridized carbons (Fsp3) is 0.647. The second-order valence-electron chi connectivity index (χ2n) is 5.24. The van der Waals surface area contributed by atoms with Gasteiger partial charge in [-0.1, -0.05) is 56.3 Å². The number of unbranched alkanes of at least 4 members (excludes halogenated alkanes) is 2. The zero-order chi connectivity index (χ0) is 15.7. The Morgan fingerprint density at radius 2 is 1.81 bits per heavy atom. The van der Waals surface area contributed by atoms with Gasteiger partial charge in [-0.25, -0.2) is 0 Å². The number of hydrogen-bond acceptors (Lipinski definition) is 2. The maximum atomic E-state index is 6.44. The number of rotatable bonds is 10. The summed E-state index contributed by atoms with van der Waals surface area (Å²) in [7, 11) is 0. The highest BCUT2D eigenvalue weighted by atomic mass is 35.5. The minimum absolute atomic E-state index is 0.261. The molecule has 1 atom stereocenters. The van der Waals surface area contributed by atoms with Gasteiger partial charge in [0.25, 0.3) is 0 Å². The van der Waals surface area contributed by atoms with Crippen molar-refractivity contribution in [3.63, 3.8) is 0 Å². The van der Waals surface area contributed by atoms with Crippen molar-refractivity contribution in [2.24, 2.45) is 0 Å². The third kappa shape index (κ3) is 6.06. The van der Waals surface area contributed by atoms with E-state index >= 15 is 0 Å². The molecule has 0 spiro atoms. The van der Waals surface area contributed by atoms with E-state index in [9.17, 15) is 0 Å². The second kappa shape index (κ2) is 10.3. The molecule has 0 aliphatic rings. The van der Waals surface area contributed by atoms with Crippen LogP contribution in [0.25, 0.3) is 0 Å². The van der Waals surface area contributed by atoms with E-state index in [1.807, 2.05) is 19.1 Å². The van der Waals surface area contributed by atoms with Gasteiger partial charge in [0.05, 0.1) is 11.6 Å². The fourth-order valence-electron chi connectivity index (χ4n) is 2.36. The number of halogens is 2. The van der Waals surface area contributed by atoms with Crippen molar-refractivity contribution in [1.29, 1.82) is 0 Å². The van der Waals surface area contributed by atoms with Gasteiger partial charge in [0.2, 0.25) is 0 Å². The quantitative estimate of drug-likeness (QED) is 0.530. The molecule has 0 aliphatic heterocycles. The summed E-state index contributed by atoms with van der Waals surface area (Å²) in [5, 5.41) is 4.94. The minimum atomic E-state index is 0.261. The number of ether oxygens (including phenoxy) is 1. The molecule has 21 heavy (non-hydrogen) atoms. The van der Waals surface area contributed by atoms with Crippen molar-refractivity contribution >= 4 is 23.2 Å². The van der Waals surface area contributed by atoms with Gasteiger partial charge < -0.3 is 10.1 Å². The molecule has 1 N–H and O–H groups in total. The molecule has 120 valence electrons.